The van der Waals surface area contributed by atoms with Crippen LogP contribution in [0.5, 0.6) is 0 Å². The third kappa shape index (κ3) is 8.27. The van der Waals surface area contributed by atoms with Crippen molar-refractivity contribution in [2.75, 3.05) is 19.0 Å². The first-order valence-electron chi connectivity index (χ1n) is 7.35. The van der Waals surface area contributed by atoms with Crippen LogP contribution in [0.1, 0.15) is 44.9 Å². The van der Waals surface area contributed by atoms with E-state index in [-0.39, 0.29) is 17.3 Å². The molecule has 1 rings (SSSR count). The van der Waals surface area contributed by atoms with Gasteiger partial charge < -0.3 is 21.7 Å². The number of thioether (sulfide) groups is 1. The van der Waals surface area contributed by atoms with Crippen molar-refractivity contribution in [2.24, 2.45) is 5.73 Å². The fraction of sp³-hybridized carbons (Fsp3) is 0.846. The highest BCUT2D eigenvalue weighted by Gasteiger charge is 2.17. The highest BCUT2D eigenvalue weighted by Crippen LogP contribution is 2.16. The van der Waals surface area contributed by atoms with Crippen molar-refractivity contribution >= 4 is 23.7 Å². The Morgan fingerprint density at radius 1 is 1.30 bits per heavy atom. The molecule has 0 unspecified atom stereocenters. The van der Waals surface area contributed by atoms with Crippen LogP contribution >= 0.6 is 11.8 Å². The van der Waals surface area contributed by atoms with E-state index in [0.717, 1.165) is 51.6 Å². The maximum absolute atomic E-state index is 11.6. The lowest BCUT2D eigenvalue weighted by atomic mass is 10.2. The van der Waals surface area contributed by atoms with Crippen molar-refractivity contribution in [2.45, 2.75) is 50.3 Å². The number of hydrogen-bond donors (Lipinski definition) is 4. The third-order valence-electron chi connectivity index (χ3n) is 3.13. The summed E-state index contributed by atoms with van der Waals surface area (Å²) in [5, 5.41) is 8.67. The van der Waals surface area contributed by atoms with E-state index in [9.17, 15) is 9.59 Å². The summed E-state index contributed by atoms with van der Waals surface area (Å²) >= 11 is 1.69. The monoisotopic (exact) mass is 302 g/mol. The van der Waals surface area contributed by atoms with Crippen LogP contribution in [0, 0.1) is 0 Å². The predicted molar refractivity (Wildman–Crippen MR) is 82.3 cm³/mol. The fourth-order valence-corrected chi connectivity index (χ4v) is 2.92. The van der Waals surface area contributed by atoms with Crippen LogP contribution in [0.25, 0.3) is 0 Å². The van der Waals surface area contributed by atoms with Crippen molar-refractivity contribution in [3.05, 3.63) is 0 Å². The molecule has 1 heterocycles. The third-order valence-corrected chi connectivity index (χ3v) is 4.20. The van der Waals surface area contributed by atoms with E-state index in [1.54, 1.807) is 11.8 Å². The van der Waals surface area contributed by atoms with Gasteiger partial charge in [-0.2, -0.15) is 0 Å². The Bertz CT molecular complexity index is 302. The van der Waals surface area contributed by atoms with E-state index in [1.165, 1.54) is 0 Å². The molecule has 1 saturated heterocycles. The molecule has 116 valence electrons. The summed E-state index contributed by atoms with van der Waals surface area (Å²) in [6.07, 6.45) is 6.41. The fourth-order valence-electron chi connectivity index (χ4n) is 1.98. The molecule has 5 N–H and O–H groups in total. The maximum Gasteiger partial charge on any atom is 0.316 e. The molecule has 0 aromatic heterocycles. The Morgan fingerprint density at radius 2 is 2.15 bits per heavy atom. The first-order chi connectivity index (χ1) is 9.72. The number of rotatable bonds is 10. The lowest BCUT2D eigenvalue weighted by molar-refractivity contribution is -0.121. The van der Waals surface area contributed by atoms with Gasteiger partial charge in [0.1, 0.15) is 0 Å². The number of carbonyl (C=O) groups is 2. The second-order valence-electron chi connectivity index (χ2n) is 4.89. The topological polar surface area (TPSA) is 96.2 Å². The molecule has 7 heteroatoms. The zero-order chi connectivity index (χ0) is 14.6. The van der Waals surface area contributed by atoms with Crippen LogP contribution in [0.15, 0.2) is 0 Å². The number of carbonyl (C=O) groups excluding carboxylic acids is 2. The summed E-state index contributed by atoms with van der Waals surface area (Å²) in [5.41, 5.74) is 5.40. The van der Waals surface area contributed by atoms with E-state index >= 15 is 0 Å². The lowest BCUT2D eigenvalue weighted by Crippen LogP contribution is -2.45. The van der Waals surface area contributed by atoms with Gasteiger partial charge in [0.15, 0.2) is 0 Å². The van der Waals surface area contributed by atoms with E-state index in [0.29, 0.717) is 12.3 Å². The van der Waals surface area contributed by atoms with Gasteiger partial charge >= 0.3 is 6.03 Å². The number of urea groups is 1. The minimum atomic E-state index is -0.0935. The molecule has 1 aliphatic heterocycles. The Balaban J connectivity index is 1.92. The van der Waals surface area contributed by atoms with Crippen molar-refractivity contribution < 1.29 is 9.59 Å². The van der Waals surface area contributed by atoms with Crippen LogP contribution in [-0.2, 0) is 4.79 Å². The van der Waals surface area contributed by atoms with Crippen LogP contribution in [0.2, 0.25) is 0 Å². The highest BCUT2D eigenvalue weighted by atomic mass is 32.2. The van der Waals surface area contributed by atoms with E-state index < -0.39 is 0 Å². The number of amides is 3. The van der Waals surface area contributed by atoms with Crippen molar-refractivity contribution in [1.82, 2.24) is 16.0 Å². The second-order valence-corrected chi connectivity index (χ2v) is 6.09. The zero-order valence-electron chi connectivity index (χ0n) is 12.0. The van der Waals surface area contributed by atoms with Gasteiger partial charge in [0.2, 0.25) is 5.91 Å². The van der Waals surface area contributed by atoms with Gasteiger partial charge in [-0.05, 0) is 32.2 Å². The molecule has 3 amide bonds. The van der Waals surface area contributed by atoms with Gasteiger partial charge in [-0.15, -0.1) is 11.8 Å². The minimum absolute atomic E-state index is 0.0935. The standard InChI is InChI=1S/C13H26N4O2S/c14-8-4-1-5-9-15-11(18)6-2-3-7-12-17-13(19)16-10-20-12/h12H,1-10,14H2,(H,15,18)(H2,16,17,19)/t12-/m0/s1. The average molecular weight is 302 g/mol. The normalized spacial score (nSPS) is 18.2. The summed E-state index contributed by atoms with van der Waals surface area (Å²) < 4.78 is 0. The summed E-state index contributed by atoms with van der Waals surface area (Å²) in [7, 11) is 0. The summed E-state index contributed by atoms with van der Waals surface area (Å²) in [6.45, 7) is 1.47. The van der Waals surface area contributed by atoms with Crippen LogP contribution in [0.3, 0.4) is 0 Å². The Morgan fingerprint density at radius 3 is 2.90 bits per heavy atom. The first-order valence-corrected chi connectivity index (χ1v) is 8.40. The van der Waals surface area contributed by atoms with E-state index in [2.05, 4.69) is 16.0 Å². The number of nitrogens with one attached hydrogen (secondary N) is 3. The molecule has 0 aromatic carbocycles. The zero-order valence-corrected chi connectivity index (χ0v) is 12.8. The first kappa shape index (κ1) is 17.1. The minimum Gasteiger partial charge on any atom is -0.356 e. The molecule has 0 bridgehead atoms. The van der Waals surface area contributed by atoms with E-state index in [1.807, 2.05) is 0 Å². The second kappa shape index (κ2) is 10.8. The smallest absolute Gasteiger partial charge is 0.316 e. The maximum atomic E-state index is 11.6. The van der Waals surface area contributed by atoms with E-state index in [4.69, 9.17) is 5.73 Å². The molecule has 0 saturated carbocycles. The predicted octanol–water partition coefficient (Wildman–Crippen LogP) is 1.12. The Kier molecular flexibility index (Phi) is 9.23. The number of unbranched alkanes of at least 4 members (excludes halogenated alkanes) is 3. The summed E-state index contributed by atoms with van der Waals surface area (Å²) in [5.74, 6) is 0.791. The van der Waals surface area contributed by atoms with Crippen molar-refractivity contribution in [3.63, 3.8) is 0 Å². The van der Waals surface area contributed by atoms with Gasteiger partial charge in [0.05, 0.1) is 11.3 Å². The van der Waals surface area contributed by atoms with Gasteiger partial charge in [0, 0.05) is 13.0 Å². The molecule has 0 spiro atoms. The molecule has 6 nitrogen and oxygen atoms in total. The Hall–Kier alpha value is -0.950. The van der Waals surface area contributed by atoms with Gasteiger partial charge in [-0.25, -0.2) is 4.79 Å². The van der Waals surface area contributed by atoms with Gasteiger partial charge in [-0.1, -0.05) is 12.8 Å². The quantitative estimate of drug-likeness (QED) is 0.455. The molecule has 0 aliphatic carbocycles. The molecule has 1 atom stereocenters. The SMILES string of the molecule is NCCCCCNC(=O)CCCC[C@H]1NC(=O)NCS1. The van der Waals surface area contributed by atoms with Crippen molar-refractivity contribution in [1.29, 1.82) is 0 Å². The van der Waals surface area contributed by atoms with Crippen LogP contribution in [-0.4, -0.2) is 36.3 Å². The number of nitrogens with two attached hydrogens (primary N) is 1. The molecule has 20 heavy (non-hydrogen) atoms. The van der Waals surface area contributed by atoms with Crippen LogP contribution in [0.4, 0.5) is 4.79 Å². The largest absolute Gasteiger partial charge is 0.356 e. The molecular formula is C13H26N4O2S. The summed E-state index contributed by atoms with van der Waals surface area (Å²) in [4.78, 5) is 22.7. The molecule has 0 radical (unpaired) electrons. The summed E-state index contributed by atoms with van der Waals surface area (Å²) in [6, 6.07) is -0.0935. The average Bonchev–Trinajstić information content (AvgIpc) is 2.43. The molecule has 1 fully saturated rings. The molecular weight excluding hydrogens is 276 g/mol. The number of hydrogen-bond acceptors (Lipinski definition) is 4. The van der Waals surface area contributed by atoms with Gasteiger partial charge in [-0.3, -0.25) is 4.79 Å². The molecule has 1 aliphatic rings. The van der Waals surface area contributed by atoms with Gasteiger partial charge in [0.25, 0.3) is 0 Å². The molecule has 0 aromatic rings. The lowest BCUT2D eigenvalue weighted by Gasteiger charge is -2.23. The highest BCUT2D eigenvalue weighted by molar-refractivity contribution is 7.99. The Labute approximate surface area is 125 Å². The van der Waals surface area contributed by atoms with Crippen molar-refractivity contribution in [3.8, 4) is 0 Å². The van der Waals surface area contributed by atoms with Crippen LogP contribution < -0.4 is 21.7 Å².